The number of benzene rings is 1. The molecule has 20 heavy (non-hydrogen) atoms. The average Bonchev–Trinajstić information content (AvgIpc) is 2.92. The Balaban J connectivity index is 1.85. The van der Waals surface area contributed by atoms with E-state index in [-0.39, 0.29) is 0 Å². The second-order valence-corrected chi connectivity index (χ2v) is 5.92. The third-order valence-corrected chi connectivity index (χ3v) is 3.45. The summed E-state index contributed by atoms with van der Waals surface area (Å²) in [6, 6.07) is 11.1. The van der Waals surface area contributed by atoms with E-state index in [1.165, 1.54) is 24.1 Å². The molecule has 0 amide bonds. The minimum absolute atomic E-state index is 0.523. The van der Waals surface area contributed by atoms with Gasteiger partial charge in [-0.15, -0.1) is 0 Å². The molecular weight excluding hydrogens is 246 g/mol. The minimum atomic E-state index is 0.523. The average molecular weight is 271 g/mol. The van der Waals surface area contributed by atoms with Gasteiger partial charge in [0.1, 0.15) is 0 Å². The van der Waals surface area contributed by atoms with E-state index < -0.39 is 0 Å². The third kappa shape index (κ3) is 4.72. The Bertz CT molecular complexity index is 485. The second-order valence-electron chi connectivity index (χ2n) is 5.92. The van der Waals surface area contributed by atoms with Gasteiger partial charge in [0, 0.05) is 24.1 Å². The van der Waals surface area contributed by atoms with Crippen LogP contribution in [0.25, 0.3) is 0 Å². The summed E-state index contributed by atoms with van der Waals surface area (Å²) in [5.41, 5.74) is 2.47. The van der Waals surface area contributed by atoms with E-state index in [0.29, 0.717) is 6.04 Å². The van der Waals surface area contributed by atoms with Gasteiger partial charge in [-0.2, -0.15) is 5.10 Å². The maximum Gasteiger partial charge on any atom is 0.0659 e. The zero-order valence-corrected chi connectivity index (χ0v) is 12.7. The minimum Gasteiger partial charge on any atom is -0.383 e. The molecule has 1 N–H and O–H groups in total. The number of aromatic nitrogens is 2. The molecule has 2 aromatic rings. The molecule has 108 valence electrons. The Labute approximate surface area is 122 Å². The Morgan fingerprint density at radius 1 is 1.10 bits per heavy atom. The molecular formula is C17H25N3. The molecule has 1 atom stereocenters. The van der Waals surface area contributed by atoms with E-state index in [4.69, 9.17) is 0 Å². The number of nitrogens with zero attached hydrogens (tertiary/aromatic N) is 2. The van der Waals surface area contributed by atoms with Gasteiger partial charge >= 0.3 is 0 Å². The van der Waals surface area contributed by atoms with Gasteiger partial charge in [-0.3, -0.25) is 4.68 Å². The van der Waals surface area contributed by atoms with Crippen LogP contribution in [0.1, 0.15) is 39.2 Å². The van der Waals surface area contributed by atoms with Gasteiger partial charge in [0.2, 0.25) is 0 Å². The summed E-state index contributed by atoms with van der Waals surface area (Å²) in [7, 11) is 0. The van der Waals surface area contributed by atoms with Crippen molar-refractivity contribution in [3.8, 4) is 0 Å². The topological polar surface area (TPSA) is 29.9 Å². The van der Waals surface area contributed by atoms with Crippen LogP contribution < -0.4 is 5.32 Å². The van der Waals surface area contributed by atoms with Gasteiger partial charge in [0.05, 0.1) is 6.54 Å². The van der Waals surface area contributed by atoms with Crippen LogP contribution in [0.15, 0.2) is 42.7 Å². The number of anilines is 1. The Kier molecular flexibility index (Phi) is 5.22. The number of hydrogen-bond donors (Lipinski definition) is 1. The summed E-state index contributed by atoms with van der Waals surface area (Å²) in [6.45, 7) is 7.63. The molecule has 3 nitrogen and oxygen atoms in total. The monoisotopic (exact) mass is 271 g/mol. The van der Waals surface area contributed by atoms with Crippen LogP contribution >= 0.6 is 0 Å². The lowest BCUT2D eigenvalue weighted by atomic mass is 10.0. The molecule has 0 saturated heterocycles. The zero-order valence-electron chi connectivity index (χ0n) is 12.7. The summed E-state index contributed by atoms with van der Waals surface area (Å²) in [6.07, 6.45) is 6.28. The van der Waals surface area contributed by atoms with Crippen LogP contribution in [-0.4, -0.2) is 15.8 Å². The summed E-state index contributed by atoms with van der Waals surface area (Å²) in [5.74, 6) is 0.774. The first-order valence-electron chi connectivity index (χ1n) is 7.46. The van der Waals surface area contributed by atoms with E-state index >= 15 is 0 Å². The van der Waals surface area contributed by atoms with Gasteiger partial charge in [-0.25, -0.2) is 0 Å². The van der Waals surface area contributed by atoms with Crippen molar-refractivity contribution in [2.45, 2.75) is 46.2 Å². The van der Waals surface area contributed by atoms with Crippen molar-refractivity contribution >= 4 is 5.69 Å². The lowest BCUT2D eigenvalue weighted by Crippen LogP contribution is -2.15. The van der Waals surface area contributed by atoms with Crippen molar-refractivity contribution < 1.29 is 0 Å². The van der Waals surface area contributed by atoms with Crippen molar-refractivity contribution in [1.29, 1.82) is 0 Å². The first-order valence-corrected chi connectivity index (χ1v) is 7.46. The van der Waals surface area contributed by atoms with Gasteiger partial charge in [0.15, 0.2) is 0 Å². The Morgan fingerprint density at radius 3 is 2.45 bits per heavy atom. The van der Waals surface area contributed by atoms with Crippen LogP contribution in [0.5, 0.6) is 0 Å². The molecule has 0 radical (unpaired) electrons. The van der Waals surface area contributed by atoms with Crippen LogP contribution in [0.4, 0.5) is 5.69 Å². The Hall–Kier alpha value is -1.77. The fraction of sp³-hybridized carbons (Fsp3) is 0.471. The standard InChI is InChI=1S/C17H25N3/c1-14(2)5-6-15(3)19-17-9-7-16(8-10-17)13-20-12-4-11-18-20/h4,7-12,14-15,19H,5-6,13H2,1-3H3. The van der Waals surface area contributed by atoms with Crippen molar-refractivity contribution in [1.82, 2.24) is 9.78 Å². The van der Waals surface area contributed by atoms with Gasteiger partial charge < -0.3 is 5.32 Å². The van der Waals surface area contributed by atoms with Gasteiger partial charge in [0.25, 0.3) is 0 Å². The first-order chi connectivity index (χ1) is 9.63. The lowest BCUT2D eigenvalue weighted by Gasteiger charge is -2.16. The molecule has 3 heteroatoms. The first kappa shape index (κ1) is 14.6. The number of nitrogens with one attached hydrogen (secondary N) is 1. The van der Waals surface area contributed by atoms with Crippen LogP contribution in [0.3, 0.4) is 0 Å². The Morgan fingerprint density at radius 2 is 1.85 bits per heavy atom. The predicted molar refractivity (Wildman–Crippen MR) is 84.9 cm³/mol. The molecule has 1 aromatic carbocycles. The maximum atomic E-state index is 4.22. The second kappa shape index (κ2) is 7.13. The van der Waals surface area contributed by atoms with E-state index in [1.54, 1.807) is 0 Å². The van der Waals surface area contributed by atoms with E-state index in [9.17, 15) is 0 Å². The van der Waals surface area contributed by atoms with Gasteiger partial charge in [-0.05, 0) is 49.4 Å². The highest BCUT2D eigenvalue weighted by Crippen LogP contribution is 2.14. The number of hydrogen-bond acceptors (Lipinski definition) is 2. The quantitative estimate of drug-likeness (QED) is 0.819. The zero-order chi connectivity index (χ0) is 14.4. The molecule has 0 saturated carbocycles. The lowest BCUT2D eigenvalue weighted by molar-refractivity contribution is 0.528. The van der Waals surface area contributed by atoms with Crippen molar-refractivity contribution in [2.75, 3.05) is 5.32 Å². The SMILES string of the molecule is CC(C)CCC(C)Nc1ccc(Cn2cccn2)cc1. The summed E-state index contributed by atoms with van der Waals surface area (Å²) < 4.78 is 1.94. The highest BCUT2D eigenvalue weighted by atomic mass is 15.3. The maximum absolute atomic E-state index is 4.22. The fourth-order valence-corrected chi connectivity index (χ4v) is 2.23. The van der Waals surface area contributed by atoms with Crippen molar-refractivity contribution in [3.05, 3.63) is 48.3 Å². The van der Waals surface area contributed by atoms with Crippen LogP contribution in [0.2, 0.25) is 0 Å². The predicted octanol–water partition coefficient (Wildman–Crippen LogP) is 4.17. The van der Waals surface area contributed by atoms with E-state index in [2.05, 4.69) is 55.5 Å². The summed E-state index contributed by atoms with van der Waals surface area (Å²) in [5, 5.41) is 7.79. The van der Waals surface area contributed by atoms with E-state index in [0.717, 1.165) is 12.5 Å². The molecule has 0 aliphatic rings. The smallest absolute Gasteiger partial charge is 0.0659 e. The van der Waals surface area contributed by atoms with Crippen molar-refractivity contribution in [2.24, 2.45) is 5.92 Å². The molecule has 0 aliphatic carbocycles. The summed E-state index contributed by atoms with van der Waals surface area (Å²) in [4.78, 5) is 0. The largest absolute Gasteiger partial charge is 0.383 e. The molecule has 0 fully saturated rings. The molecule has 1 aromatic heterocycles. The number of rotatable bonds is 7. The molecule has 0 bridgehead atoms. The highest BCUT2D eigenvalue weighted by Gasteiger charge is 2.04. The fourth-order valence-electron chi connectivity index (χ4n) is 2.23. The summed E-state index contributed by atoms with van der Waals surface area (Å²) >= 11 is 0. The molecule has 0 aliphatic heterocycles. The van der Waals surface area contributed by atoms with Crippen LogP contribution in [0, 0.1) is 5.92 Å². The third-order valence-electron chi connectivity index (χ3n) is 3.45. The van der Waals surface area contributed by atoms with E-state index in [1.807, 2.05) is 23.1 Å². The molecule has 1 unspecified atom stereocenters. The molecule has 2 rings (SSSR count). The molecule has 0 spiro atoms. The normalized spacial score (nSPS) is 12.6. The van der Waals surface area contributed by atoms with Crippen molar-refractivity contribution in [3.63, 3.8) is 0 Å². The molecule has 1 heterocycles. The highest BCUT2D eigenvalue weighted by molar-refractivity contribution is 5.45. The van der Waals surface area contributed by atoms with Gasteiger partial charge in [-0.1, -0.05) is 26.0 Å². The van der Waals surface area contributed by atoms with Crippen LogP contribution in [-0.2, 0) is 6.54 Å².